The van der Waals surface area contributed by atoms with Crippen LogP contribution in [0.3, 0.4) is 0 Å². The summed E-state index contributed by atoms with van der Waals surface area (Å²) >= 11 is 0. The summed E-state index contributed by atoms with van der Waals surface area (Å²) in [4.78, 5) is 12.5. The van der Waals surface area contributed by atoms with Crippen molar-refractivity contribution in [1.29, 1.82) is 0 Å². The van der Waals surface area contributed by atoms with E-state index in [-0.39, 0.29) is 11.3 Å². The zero-order chi connectivity index (χ0) is 14.1. The standard InChI is InChI=1S/C15H17F3O/c1-2-14(8-3-4-9-14)13(19)11-6-5-7-12(10-11)15(16,17)18/h5-7,10H,2-4,8-9H2,1H3. The molecule has 1 nitrogen and oxygen atoms in total. The fourth-order valence-corrected chi connectivity index (χ4v) is 2.94. The molecule has 1 aliphatic rings. The number of hydrogen-bond donors (Lipinski definition) is 0. The molecule has 1 saturated carbocycles. The molecule has 1 aromatic carbocycles. The van der Waals surface area contributed by atoms with Gasteiger partial charge in [-0.2, -0.15) is 13.2 Å². The molecule has 4 heteroatoms. The molecular weight excluding hydrogens is 253 g/mol. The van der Waals surface area contributed by atoms with Crippen molar-refractivity contribution in [3.05, 3.63) is 35.4 Å². The van der Waals surface area contributed by atoms with Gasteiger partial charge in [-0.3, -0.25) is 4.79 Å². The molecule has 0 unspecified atom stereocenters. The second-order valence-corrected chi connectivity index (χ2v) is 5.25. The molecule has 19 heavy (non-hydrogen) atoms. The van der Waals surface area contributed by atoms with Crippen LogP contribution in [0.2, 0.25) is 0 Å². The van der Waals surface area contributed by atoms with Crippen LogP contribution in [0.5, 0.6) is 0 Å². The SMILES string of the molecule is CCC1(C(=O)c2cccc(C(F)(F)F)c2)CCCC1. The number of alkyl halides is 3. The molecule has 0 heterocycles. The first-order valence-corrected chi connectivity index (χ1v) is 6.61. The van der Waals surface area contributed by atoms with Gasteiger partial charge in [0.2, 0.25) is 0 Å². The fourth-order valence-electron chi connectivity index (χ4n) is 2.94. The van der Waals surface area contributed by atoms with E-state index in [2.05, 4.69) is 0 Å². The van der Waals surface area contributed by atoms with Gasteiger partial charge >= 0.3 is 6.18 Å². The van der Waals surface area contributed by atoms with Gasteiger partial charge in [-0.25, -0.2) is 0 Å². The van der Waals surface area contributed by atoms with Gasteiger partial charge in [0.25, 0.3) is 0 Å². The van der Waals surface area contributed by atoms with Crippen LogP contribution in [0.1, 0.15) is 54.9 Å². The van der Waals surface area contributed by atoms with Crippen molar-refractivity contribution < 1.29 is 18.0 Å². The molecular formula is C15H17F3O. The van der Waals surface area contributed by atoms with Crippen LogP contribution in [0.4, 0.5) is 13.2 Å². The van der Waals surface area contributed by atoms with E-state index >= 15 is 0 Å². The summed E-state index contributed by atoms with van der Waals surface area (Å²) in [5.74, 6) is -0.126. The number of Topliss-reactive ketones (excluding diaryl/α,β-unsaturated/α-hetero) is 1. The molecule has 0 spiro atoms. The molecule has 104 valence electrons. The third kappa shape index (κ3) is 2.67. The Morgan fingerprint density at radius 3 is 2.42 bits per heavy atom. The topological polar surface area (TPSA) is 17.1 Å². The first-order valence-electron chi connectivity index (χ1n) is 6.61. The summed E-state index contributed by atoms with van der Waals surface area (Å²) in [6, 6.07) is 4.80. The number of carbonyl (C=O) groups is 1. The highest BCUT2D eigenvalue weighted by molar-refractivity contribution is 6.00. The van der Waals surface area contributed by atoms with Crippen LogP contribution >= 0.6 is 0 Å². The monoisotopic (exact) mass is 270 g/mol. The Bertz CT molecular complexity index is 471. The minimum absolute atomic E-state index is 0.126. The predicted molar refractivity (Wildman–Crippen MR) is 67.0 cm³/mol. The number of carbonyl (C=O) groups excluding carboxylic acids is 1. The van der Waals surface area contributed by atoms with Crippen LogP contribution in [0.15, 0.2) is 24.3 Å². The Kier molecular flexibility index (Phi) is 3.70. The number of benzene rings is 1. The third-order valence-electron chi connectivity index (χ3n) is 4.17. The molecule has 0 N–H and O–H groups in total. The van der Waals surface area contributed by atoms with Crippen molar-refractivity contribution in [3.8, 4) is 0 Å². The molecule has 1 fully saturated rings. The van der Waals surface area contributed by atoms with Gasteiger partial charge in [0.05, 0.1) is 5.56 Å². The maximum atomic E-state index is 12.7. The predicted octanol–water partition coefficient (Wildman–Crippen LogP) is 4.86. The normalized spacial score (nSPS) is 18.5. The smallest absolute Gasteiger partial charge is 0.294 e. The summed E-state index contributed by atoms with van der Waals surface area (Å²) in [6.07, 6.45) is -0.151. The van der Waals surface area contributed by atoms with E-state index in [9.17, 15) is 18.0 Å². The molecule has 2 rings (SSSR count). The van der Waals surface area contributed by atoms with E-state index in [0.717, 1.165) is 37.8 Å². The summed E-state index contributed by atoms with van der Waals surface area (Å²) in [5.41, 5.74) is -0.995. The quantitative estimate of drug-likeness (QED) is 0.717. The lowest BCUT2D eigenvalue weighted by atomic mass is 9.76. The second kappa shape index (κ2) is 4.99. The molecule has 0 saturated heterocycles. The van der Waals surface area contributed by atoms with E-state index < -0.39 is 17.2 Å². The Hall–Kier alpha value is -1.32. The minimum atomic E-state index is -4.40. The van der Waals surface area contributed by atoms with Crippen LogP contribution in [0, 0.1) is 5.41 Å². The summed E-state index contributed by atoms with van der Waals surface area (Å²) < 4.78 is 38.0. The minimum Gasteiger partial charge on any atom is -0.294 e. The summed E-state index contributed by atoms with van der Waals surface area (Å²) in [7, 11) is 0. The van der Waals surface area contributed by atoms with Gasteiger partial charge in [-0.05, 0) is 31.4 Å². The number of ketones is 1. The molecule has 1 aromatic rings. The van der Waals surface area contributed by atoms with Crippen molar-refractivity contribution in [2.24, 2.45) is 5.41 Å². The van der Waals surface area contributed by atoms with Gasteiger partial charge < -0.3 is 0 Å². The van der Waals surface area contributed by atoms with Gasteiger partial charge in [-0.1, -0.05) is 31.9 Å². The first-order chi connectivity index (χ1) is 8.89. The number of hydrogen-bond acceptors (Lipinski definition) is 1. The lowest BCUT2D eigenvalue weighted by Crippen LogP contribution is -2.27. The van der Waals surface area contributed by atoms with Crippen LogP contribution in [-0.4, -0.2) is 5.78 Å². The van der Waals surface area contributed by atoms with Gasteiger partial charge in [0, 0.05) is 11.0 Å². The van der Waals surface area contributed by atoms with E-state index in [1.165, 1.54) is 12.1 Å². The molecule has 1 aliphatic carbocycles. The lowest BCUT2D eigenvalue weighted by Gasteiger charge is -2.26. The maximum absolute atomic E-state index is 12.7. The van der Waals surface area contributed by atoms with E-state index in [4.69, 9.17) is 0 Å². The fraction of sp³-hybridized carbons (Fsp3) is 0.533. The van der Waals surface area contributed by atoms with Gasteiger partial charge in [0.15, 0.2) is 5.78 Å². The average Bonchev–Trinajstić information content (AvgIpc) is 2.87. The highest BCUT2D eigenvalue weighted by Gasteiger charge is 2.40. The Labute approximate surface area is 110 Å². The zero-order valence-corrected chi connectivity index (χ0v) is 10.9. The molecule has 0 radical (unpaired) electrons. The average molecular weight is 270 g/mol. The Morgan fingerprint density at radius 2 is 1.89 bits per heavy atom. The molecule has 0 atom stereocenters. The maximum Gasteiger partial charge on any atom is 0.416 e. The van der Waals surface area contributed by atoms with Crippen LogP contribution in [0.25, 0.3) is 0 Å². The van der Waals surface area contributed by atoms with Gasteiger partial charge in [-0.15, -0.1) is 0 Å². The summed E-state index contributed by atoms with van der Waals surface area (Å²) in [5, 5.41) is 0. The highest BCUT2D eigenvalue weighted by Crippen LogP contribution is 2.44. The first kappa shape index (κ1) is 14.1. The molecule has 0 bridgehead atoms. The molecule has 0 aromatic heterocycles. The second-order valence-electron chi connectivity index (χ2n) is 5.25. The molecule has 0 amide bonds. The summed E-state index contributed by atoms with van der Waals surface area (Å²) in [6.45, 7) is 1.94. The lowest BCUT2D eigenvalue weighted by molar-refractivity contribution is -0.137. The number of rotatable bonds is 3. The van der Waals surface area contributed by atoms with Crippen molar-refractivity contribution >= 4 is 5.78 Å². The highest BCUT2D eigenvalue weighted by atomic mass is 19.4. The van der Waals surface area contributed by atoms with E-state index in [1.54, 1.807) is 0 Å². The zero-order valence-electron chi connectivity index (χ0n) is 10.9. The van der Waals surface area contributed by atoms with Gasteiger partial charge in [0.1, 0.15) is 0 Å². The molecule has 0 aliphatic heterocycles. The van der Waals surface area contributed by atoms with E-state index in [0.29, 0.717) is 6.42 Å². The van der Waals surface area contributed by atoms with Crippen LogP contribution < -0.4 is 0 Å². The Balaban J connectivity index is 2.34. The van der Waals surface area contributed by atoms with Crippen molar-refractivity contribution in [2.75, 3.05) is 0 Å². The third-order valence-corrected chi connectivity index (χ3v) is 4.17. The van der Waals surface area contributed by atoms with Crippen LogP contribution in [-0.2, 0) is 6.18 Å². The van der Waals surface area contributed by atoms with E-state index in [1.807, 2.05) is 6.92 Å². The van der Waals surface area contributed by atoms with Crippen molar-refractivity contribution in [1.82, 2.24) is 0 Å². The Morgan fingerprint density at radius 1 is 1.26 bits per heavy atom. The van der Waals surface area contributed by atoms with Crippen molar-refractivity contribution in [3.63, 3.8) is 0 Å². The number of halogens is 3. The van der Waals surface area contributed by atoms with Crippen molar-refractivity contribution in [2.45, 2.75) is 45.2 Å². The largest absolute Gasteiger partial charge is 0.416 e.